The Morgan fingerprint density at radius 1 is 1.42 bits per heavy atom. The Kier molecular flexibility index (Phi) is 5.31. The third-order valence-electron chi connectivity index (χ3n) is 2.45. The number of nitrogen functional groups attached to an aromatic ring is 1. The Bertz CT molecular complexity index is 555. The number of benzene rings is 1. The number of hydrogen-bond donors (Lipinski definition) is 2. The predicted octanol–water partition coefficient (Wildman–Crippen LogP) is 0.114. The molecule has 106 valence electrons. The smallest absolute Gasteiger partial charge is 0.235 e. The van der Waals surface area contributed by atoms with Gasteiger partial charge in [0.2, 0.25) is 5.91 Å². The lowest BCUT2D eigenvalue weighted by molar-refractivity contribution is -0.118. The molecule has 1 aromatic carbocycles. The number of anilines is 1. The van der Waals surface area contributed by atoms with E-state index in [0.29, 0.717) is 6.61 Å². The molecule has 6 nitrogen and oxygen atoms in total. The molecule has 0 atom stereocenters. The van der Waals surface area contributed by atoms with Crippen LogP contribution < -0.4 is 11.1 Å². The SMILES string of the molecule is COCCNC(=O)CS(=O)(=O)c1cc(C)ccc1N. The molecule has 19 heavy (non-hydrogen) atoms. The second-order valence-electron chi connectivity index (χ2n) is 4.14. The summed E-state index contributed by atoms with van der Waals surface area (Å²) in [4.78, 5) is 11.5. The Morgan fingerprint density at radius 2 is 2.11 bits per heavy atom. The van der Waals surface area contributed by atoms with Crippen LogP contribution in [0.1, 0.15) is 5.56 Å². The van der Waals surface area contributed by atoms with Gasteiger partial charge in [-0.25, -0.2) is 8.42 Å². The van der Waals surface area contributed by atoms with Crippen molar-refractivity contribution in [3.05, 3.63) is 23.8 Å². The molecule has 0 fully saturated rings. The van der Waals surface area contributed by atoms with Gasteiger partial charge >= 0.3 is 0 Å². The molecule has 0 spiro atoms. The zero-order valence-corrected chi connectivity index (χ0v) is 11.8. The Balaban J connectivity index is 2.81. The van der Waals surface area contributed by atoms with Gasteiger partial charge in [0.1, 0.15) is 5.75 Å². The molecule has 0 aliphatic heterocycles. The van der Waals surface area contributed by atoms with Crippen molar-refractivity contribution in [1.82, 2.24) is 5.32 Å². The molecule has 0 radical (unpaired) electrons. The number of carbonyl (C=O) groups excluding carboxylic acids is 1. The molecule has 0 saturated carbocycles. The predicted molar refractivity (Wildman–Crippen MR) is 72.5 cm³/mol. The number of ether oxygens (including phenoxy) is 1. The third kappa shape index (κ3) is 4.53. The summed E-state index contributed by atoms with van der Waals surface area (Å²) in [6, 6.07) is 4.70. The average molecular weight is 286 g/mol. The third-order valence-corrected chi connectivity index (χ3v) is 4.12. The Hall–Kier alpha value is -1.60. The first kappa shape index (κ1) is 15.5. The van der Waals surface area contributed by atoms with Gasteiger partial charge in [0.25, 0.3) is 0 Å². The van der Waals surface area contributed by atoms with Gasteiger partial charge in [-0.15, -0.1) is 0 Å². The number of aryl methyl sites for hydroxylation is 1. The maximum atomic E-state index is 12.1. The fourth-order valence-corrected chi connectivity index (χ4v) is 2.90. The molecule has 0 unspecified atom stereocenters. The lowest BCUT2D eigenvalue weighted by atomic mass is 10.2. The van der Waals surface area contributed by atoms with Crippen LogP contribution >= 0.6 is 0 Å². The van der Waals surface area contributed by atoms with Gasteiger partial charge in [0, 0.05) is 13.7 Å². The van der Waals surface area contributed by atoms with Gasteiger partial charge < -0.3 is 15.8 Å². The van der Waals surface area contributed by atoms with Crippen molar-refractivity contribution >= 4 is 21.4 Å². The summed E-state index contributed by atoms with van der Waals surface area (Å²) >= 11 is 0. The lowest BCUT2D eigenvalue weighted by Gasteiger charge is -2.09. The van der Waals surface area contributed by atoms with Gasteiger partial charge in [0.05, 0.1) is 17.2 Å². The topological polar surface area (TPSA) is 98.5 Å². The first-order valence-corrected chi connectivity index (χ1v) is 7.36. The summed E-state index contributed by atoms with van der Waals surface area (Å²) in [5, 5.41) is 2.46. The molecular weight excluding hydrogens is 268 g/mol. The molecule has 0 aliphatic rings. The molecule has 0 saturated heterocycles. The second-order valence-corrected chi connectivity index (χ2v) is 6.10. The van der Waals surface area contributed by atoms with E-state index in [2.05, 4.69) is 5.32 Å². The molecule has 3 N–H and O–H groups in total. The molecule has 0 aliphatic carbocycles. The van der Waals surface area contributed by atoms with Crippen molar-refractivity contribution in [2.24, 2.45) is 0 Å². The summed E-state index contributed by atoms with van der Waals surface area (Å²) < 4.78 is 28.9. The molecule has 1 amide bonds. The largest absolute Gasteiger partial charge is 0.398 e. The van der Waals surface area contributed by atoms with E-state index in [1.807, 2.05) is 0 Å². The number of amides is 1. The highest BCUT2D eigenvalue weighted by atomic mass is 32.2. The van der Waals surface area contributed by atoms with Crippen LogP contribution in [-0.2, 0) is 19.4 Å². The monoisotopic (exact) mass is 286 g/mol. The second kappa shape index (κ2) is 6.53. The van der Waals surface area contributed by atoms with Gasteiger partial charge in [-0.05, 0) is 24.6 Å². The highest BCUT2D eigenvalue weighted by Crippen LogP contribution is 2.20. The molecule has 7 heteroatoms. The first-order valence-electron chi connectivity index (χ1n) is 5.71. The van der Waals surface area contributed by atoms with Crippen molar-refractivity contribution in [1.29, 1.82) is 0 Å². The van der Waals surface area contributed by atoms with Crippen LogP contribution in [0.5, 0.6) is 0 Å². The van der Waals surface area contributed by atoms with Gasteiger partial charge in [-0.2, -0.15) is 0 Å². The maximum absolute atomic E-state index is 12.1. The van der Waals surface area contributed by atoms with Crippen molar-refractivity contribution in [3.63, 3.8) is 0 Å². The van der Waals surface area contributed by atoms with E-state index in [1.54, 1.807) is 13.0 Å². The quantitative estimate of drug-likeness (QED) is 0.571. The summed E-state index contributed by atoms with van der Waals surface area (Å²) in [7, 11) is -2.23. The lowest BCUT2D eigenvalue weighted by Crippen LogP contribution is -2.32. The van der Waals surface area contributed by atoms with Crippen LogP contribution in [0.25, 0.3) is 0 Å². The summed E-state index contributed by atoms with van der Waals surface area (Å²) in [5.74, 6) is -1.19. The molecule has 1 aromatic rings. The Labute approximate surface area is 112 Å². The number of nitrogens with two attached hydrogens (primary N) is 1. The number of carbonyl (C=O) groups is 1. The minimum atomic E-state index is -3.73. The molecule has 0 bridgehead atoms. The van der Waals surface area contributed by atoms with E-state index < -0.39 is 21.5 Å². The number of nitrogens with one attached hydrogen (secondary N) is 1. The number of sulfone groups is 1. The van der Waals surface area contributed by atoms with E-state index in [4.69, 9.17) is 10.5 Å². The van der Waals surface area contributed by atoms with Crippen LogP contribution in [0.3, 0.4) is 0 Å². The van der Waals surface area contributed by atoms with Crippen molar-refractivity contribution < 1.29 is 17.9 Å². The standard InChI is InChI=1S/C12H18N2O4S/c1-9-3-4-10(13)11(7-9)19(16,17)8-12(15)14-5-6-18-2/h3-4,7H,5-6,8,13H2,1-2H3,(H,14,15). The number of hydrogen-bond acceptors (Lipinski definition) is 5. The van der Waals surface area contributed by atoms with Crippen LogP contribution in [0.4, 0.5) is 5.69 Å². The fourth-order valence-electron chi connectivity index (χ4n) is 1.50. The summed E-state index contributed by atoms with van der Waals surface area (Å²) in [6.45, 7) is 2.36. The van der Waals surface area contributed by atoms with Crippen molar-refractivity contribution in [2.75, 3.05) is 31.7 Å². The van der Waals surface area contributed by atoms with Gasteiger partial charge in [-0.3, -0.25) is 4.79 Å². The zero-order valence-electron chi connectivity index (χ0n) is 11.0. The average Bonchev–Trinajstić information content (AvgIpc) is 2.32. The summed E-state index contributed by atoms with van der Waals surface area (Å²) in [5.41, 5.74) is 6.56. The zero-order chi connectivity index (χ0) is 14.5. The number of methoxy groups -OCH3 is 1. The molecule has 1 rings (SSSR count). The highest BCUT2D eigenvalue weighted by molar-refractivity contribution is 7.92. The van der Waals surface area contributed by atoms with Crippen LogP contribution in [0.2, 0.25) is 0 Å². The van der Waals surface area contributed by atoms with Crippen LogP contribution in [-0.4, -0.2) is 40.3 Å². The van der Waals surface area contributed by atoms with E-state index in [1.165, 1.54) is 19.2 Å². The van der Waals surface area contributed by atoms with E-state index in [0.717, 1.165) is 5.56 Å². The normalized spacial score (nSPS) is 11.3. The van der Waals surface area contributed by atoms with Crippen LogP contribution in [0, 0.1) is 6.92 Å². The fraction of sp³-hybridized carbons (Fsp3) is 0.417. The number of rotatable bonds is 6. The minimum Gasteiger partial charge on any atom is -0.398 e. The van der Waals surface area contributed by atoms with E-state index >= 15 is 0 Å². The van der Waals surface area contributed by atoms with E-state index in [9.17, 15) is 13.2 Å². The van der Waals surface area contributed by atoms with Crippen molar-refractivity contribution in [3.8, 4) is 0 Å². The Morgan fingerprint density at radius 3 is 2.74 bits per heavy atom. The maximum Gasteiger partial charge on any atom is 0.235 e. The van der Waals surface area contributed by atoms with E-state index in [-0.39, 0.29) is 17.1 Å². The highest BCUT2D eigenvalue weighted by Gasteiger charge is 2.21. The summed E-state index contributed by atoms with van der Waals surface area (Å²) in [6.07, 6.45) is 0. The molecule has 0 aromatic heterocycles. The molecule has 0 heterocycles. The minimum absolute atomic E-state index is 0.00519. The van der Waals surface area contributed by atoms with Gasteiger partial charge in [-0.1, -0.05) is 6.07 Å². The van der Waals surface area contributed by atoms with Crippen molar-refractivity contribution in [2.45, 2.75) is 11.8 Å². The van der Waals surface area contributed by atoms with Gasteiger partial charge in [0.15, 0.2) is 9.84 Å². The molecular formula is C12H18N2O4S. The van der Waals surface area contributed by atoms with Crippen LogP contribution in [0.15, 0.2) is 23.1 Å². The first-order chi connectivity index (χ1) is 8.86.